The number of benzene rings is 1. The minimum atomic E-state index is -0.440. The fourth-order valence-corrected chi connectivity index (χ4v) is 3.13. The van der Waals surface area contributed by atoms with Crippen LogP contribution in [0.3, 0.4) is 0 Å². The van der Waals surface area contributed by atoms with E-state index >= 15 is 0 Å². The van der Waals surface area contributed by atoms with Gasteiger partial charge in [0.1, 0.15) is 6.61 Å². The molecule has 1 fully saturated rings. The molecule has 0 bridgehead atoms. The molecule has 7 heteroatoms. The van der Waals surface area contributed by atoms with E-state index in [2.05, 4.69) is 15.6 Å². The molecule has 1 heterocycles. The Labute approximate surface area is 148 Å². The van der Waals surface area contributed by atoms with Gasteiger partial charge in [0, 0.05) is 18.1 Å². The Morgan fingerprint density at radius 3 is 2.52 bits per heavy atom. The largest absolute Gasteiger partial charge is 0.445 e. The Balaban J connectivity index is 1.90. The van der Waals surface area contributed by atoms with Crippen molar-refractivity contribution in [3.05, 3.63) is 35.9 Å². The van der Waals surface area contributed by atoms with Crippen molar-refractivity contribution in [2.45, 2.75) is 57.8 Å². The number of hydrazine groups is 1. The van der Waals surface area contributed by atoms with E-state index in [9.17, 15) is 9.59 Å². The number of alkyl carbamates (subject to hydrolysis) is 1. The first-order valence-electron chi connectivity index (χ1n) is 8.55. The van der Waals surface area contributed by atoms with Crippen molar-refractivity contribution in [3.8, 4) is 0 Å². The van der Waals surface area contributed by atoms with Crippen LogP contribution in [0, 0.1) is 0 Å². The van der Waals surface area contributed by atoms with Crippen molar-refractivity contribution in [2.75, 3.05) is 6.54 Å². The van der Waals surface area contributed by atoms with Gasteiger partial charge in [0.25, 0.3) is 5.91 Å². The third-order valence-corrected chi connectivity index (χ3v) is 4.42. The Hall–Kier alpha value is -2.12. The number of carbonyl (C=O) groups is 2. The van der Waals surface area contributed by atoms with Gasteiger partial charge in [0.2, 0.25) is 0 Å². The van der Waals surface area contributed by atoms with Gasteiger partial charge in [-0.1, -0.05) is 30.3 Å². The van der Waals surface area contributed by atoms with E-state index in [1.165, 1.54) is 0 Å². The third kappa shape index (κ3) is 5.44. The Kier molecular flexibility index (Phi) is 6.39. The summed E-state index contributed by atoms with van der Waals surface area (Å²) in [5, 5.41) is 2.90. The number of nitrogens with two attached hydrogens (primary N) is 1. The lowest BCUT2D eigenvalue weighted by Crippen LogP contribution is -2.62. The standard InChI is InChI=1S/C18H28N4O3/c1-18(2,3)22-11-14(9-10-15(22)16(23)21-19)20-17(24)25-12-13-7-5-4-6-8-13/h4-8,14-15H,9-12,19H2,1-3H3,(H,20,24)(H,21,23)/t14-,15+/m0/s1. The molecule has 0 aliphatic carbocycles. The summed E-state index contributed by atoms with van der Waals surface area (Å²) in [6.45, 7) is 6.93. The molecule has 138 valence electrons. The van der Waals surface area contributed by atoms with Crippen molar-refractivity contribution < 1.29 is 14.3 Å². The highest BCUT2D eigenvalue weighted by Crippen LogP contribution is 2.26. The number of likely N-dealkylation sites (tertiary alicyclic amines) is 1. The van der Waals surface area contributed by atoms with E-state index in [-0.39, 0.29) is 30.1 Å². The summed E-state index contributed by atoms with van der Waals surface area (Å²) in [7, 11) is 0. The minimum Gasteiger partial charge on any atom is -0.445 e. The van der Waals surface area contributed by atoms with Crippen LogP contribution in [0.25, 0.3) is 0 Å². The number of hydrogen-bond donors (Lipinski definition) is 3. The summed E-state index contributed by atoms with van der Waals surface area (Å²) in [5.74, 6) is 5.11. The number of amides is 2. The van der Waals surface area contributed by atoms with Crippen molar-refractivity contribution >= 4 is 12.0 Å². The third-order valence-electron chi connectivity index (χ3n) is 4.42. The Morgan fingerprint density at radius 2 is 1.92 bits per heavy atom. The second kappa shape index (κ2) is 8.31. The van der Waals surface area contributed by atoms with Crippen molar-refractivity contribution in [3.63, 3.8) is 0 Å². The van der Waals surface area contributed by atoms with Crippen molar-refractivity contribution in [2.24, 2.45) is 5.84 Å². The van der Waals surface area contributed by atoms with Gasteiger partial charge in [0.05, 0.1) is 6.04 Å². The summed E-state index contributed by atoms with van der Waals surface area (Å²) < 4.78 is 5.28. The van der Waals surface area contributed by atoms with Gasteiger partial charge in [0.15, 0.2) is 0 Å². The van der Waals surface area contributed by atoms with E-state index < -0.39 is 6.09 Å². The second-order valence-electron chi connectivity index (χ2n) is 7.33. The predicted octanol–water partition coefficient (Wildman–Crippen LogP) is 1.53. The van der Waals surface area contributed by atoms with Crippen LogP contribution < -0.4 is 16.6 Å². The molecule has 0 radical (unpaired) electrons. The molecule has 25 heavy (non-hydrogen) atoms. The van der Waals surface area contributed by atoms with Gasteiger partial charge >= 0.3 is 6.09 Å². The molecule has 2 rings (SSSR count). The van der Waals surface area contributed by atoms with Gasteiger partial charge in [-0.15, -0.1) is 0 Å². The summed E-state index contributed by atoms with van der Waals surface area (Å²) in [5.41, 5.74) is 2.96. The molecule has 7 nitrogen and oxygen atoms in total. The molecule has 1 aliphatic heterocycles. The number of nitrogens with zero attached hydrogens (tertiary/aromatic N) is 1. The molecular weight excluding hydrogens is 320 g/mol. The number of nitrogens with one attached hydrogen (secondary N) is 2. The first-order chi connectivity index (χ1) is 11.8. The van der Waals surface area contributed by atoms with Crippen LogP contribution in [-0.4, -0.2) is 41.1 Å². The molecule has 1 aromatic rings. The average molecular weight is 348 g/mol. The quantitative estimate of drug-likeness (QED) is 0.436. The molecule has 1 aromatic carbocycles. The SMILES string of the molecule is CC(C)(C)N1C[C@@H](NC(=O)OCc2ccccc2)CC[C@@H]1C(=O)NN. The lowest BCUT2D eigenvalue weighted by atomic mass is 9.91. The molecule has 0 unspecified atom stereocenters. The first-order valence-corrected chi connectivity index (χ1v) is 8.55. The normalized spacial score (nSPS) is 21.4. The molecule has 0 aromatic heterocycles. The summed E-state index contributed by atoms with van der Waals surface area (Å²) >= 11 is 0. The molecule has 0 saturated carbocycles. The average Bonchev–Trinajstić information content (AvgIpc) is 2.59. The van der Waals surface area contributed by atoms with Crippen molar-refractivity contribution in [1.82, 2.24) is 15.6 Å². The molecule has 2 amide bonds. The van der Waals surface area contributed by atoms with E-state index in [0.717, 1.165) is 5.56 Å². The molecule has 0 spiro atoms. The lowest BCUT2D eigenvalue weighted by molar-refractivity contribution is -0.130. The van der Waals surface area contributed by atoms with E-state index in [1.54, 1.807) is 0 Å². The number of ether oxygens (including phenoxy) is 1. The zero-order valence-electron chi connectivity index (χ0n) is 15.1. The number of carbonyl (C=O) groups excluding carboxylic acids is 2. The monoisotopic (exact) mass is 348 g/mol. The van der Waals surface area contributed by atoms with Crippen LogP contribution in [0.2, 0.25) is 0 Å². The number of rotatable bonds is 4. The summed E-state index contributed by atoms with van der Waals surface area (Å²) in [6.07, 6.45) is 0.888. The first kappa shape index (κ1) is 19.2. The van der Waals surface area contributed by atoms with Gasteiger partial charge in [-0.05, 0) is 39.2 Å². The maximum atomic E-state index is 12.1. The maximum Gasteiger partial charge on any atom is 0.407 e. The molecule has 1 aliphatic rings. The van der Waals surface area contributed by atoms with Gasteiger partial charge in [-0.3, -0.25) is 15.1 Å². The predicted molar refractivity (Wildman–Crippen MR) is 95.4 cm³/mol. The summed E-state index contributed by atoms with van der Waals surface area (Å²) in [4.78, 5) is 26.2. The fourth-order valence-electron chi connectivity index (χ4n) is 3.13. The smallest absolute Gasteiger partial charge is 0.407 e. The lowest BCUT2D eigenvalue weighted by Gasteiger charge is -2.46. The van der Waals surface area contributed by atoms with Crippen LogP contribution in [0.15, 0.2) is 30.3 Å². The van der Waals surface area contributed by atoms with Crippen molar-refractivity contribution in [1.29, 1.82) is 0 Å². The van der Waals surface area contributed by atoms with Gasteiger partial charge < -0.3 is 10.1 Å². The van der Waals surface area contributed by atoms with E-state index in [4.69, 9.17) is 10.6 Å². The topological polar surface area (TPSA) is 96.7 Å². The van der Waals surface area contributed by atoms with Crippen LogP contribution in [0.4, 0.5) is 4.79 Å². The van der Waals surface area contributed by atoms with Gasteiger partial charge in [-0.25, -0.2) is 10.6 Å². The van der Waals surface area contributed by atoms with Crippen LogP contribution >= 0.6 is 0 Å². The molecule has 2 atom stereocenters. The van der Waals surface area contributed by atoms with E-state index in [1.807, 2.05) is 51.1 Å². The second-order valence-corrected chi connectivity index (χ2v) is 7.33. The fraction of sp³-hybridized carbons (Fsp3) is 0.556. The van der Waals surface area contributed by atoms with Crippen LogP contribution in [-0.2, 0) is 16.1 Å². The van der Waals surface area contributed by atoms with Crippen LogP contribution in [0.1, 0.15) is 39.2 Å². The molecular formula is C18H28N4O3. The number of piperidine rings is 1. The van der Waals surface area contributed by atoms with E-state index in [0.29, 0.717) is 19.4 Å². The highest BCUT2D eigenvalue weighted by Gasteiger charge is 2.39. The number of hydrogen-bond acceptors (Lipinski definition) is 5. The minimum absolute atomic E-state index is 0.0654. The zero-order valence-corrected chi connectivity index (χ0v) is 15.1. The highest BCUT2D eigenvalue weighted by molar-refractivity contribution is 5.81. The highest BCUT2D eigenvalue weighted by atomic mass is 16.5. The summed E-state index contributed by atoms with van der Waals surface area (Å²) in [6, 6.07) is 9.19. The Morgan fingerprint density at radius 1 is 1.24 bits per heavy atom. The molecule has 4 N–H and O–H groups in total. The maximum absolute atomic E-state index is 12.1. The van der Waals surface area contributed by atoms with Crippen LogP contribution in [0.5, 0.6) is 0 Å². The zero-order chi connectivity index (χ0) is 18.4. The molecule has 1 saturated heterocycles. The Bertz CT molecular complexity index is 586. The van der Waals surface area contributed by atoms with Gasteiger partial charge in [-0.2, -0.15) is 0 Å².